The van der Waals surface area contributed by atoms with Gasteiger partial charge in [0, 0.05) is 10.0 Å². The molecule has 2 aliphatic heterocycles. The summed E-state index contributed by atoms with van der Waals surface area (Å²) in [6.07, 6.45) is -0.814. The maximum atomic E-state index is 11.2. The van der Waals surface area contributed by atoms with Crippen LogP contribution in [0.4, 0.5) is 0 Å². The summed E-state index contributed by atoms with van der Waals surface area (Å²) in [6, 6.07) is 5.41. The molecule has 1 aromatic carbocycles. The fourth-order valence-electron chi connectivity index (χ4n) is 1.92. The number of carbonyl (C=O) groups excluding carboxylic acids is 1. The third-order valence-electron chi connectivity index (χ3n) is 2.72. The van der Waals surface area contributed by atoms with Crippen LogP contribution in [0.3, 0.4) is 0 Å². The molecule has 0 unspecified atom stereocenters. The number of aliphatic hydroxyl groups is 1. The first kappa shape index (κ1) is 9.18. The summed E-state index contributed by atoms with van der Waals surface area (Å²) in [5.41, 5.74) is 0.633. The molecule has 1 saturated heterocycles. The summed E-state index contributed by atoms with van der Waals surface area (Å²) in [6.45, 7) is 0. The van der Waals surface area contributed by atoms with E-state index in [4.69, 9.17) is 4.74 Å². The van der Waals surface area contributed by atoms with E-state index in [1.807, 2.05) is 6.07 Å². The molecule has 0 saturated carbocycles. The number of rotatable bonds is 0. The number of amides is 1. The Labute approximate surface area is 94.6 Å². The highest BCUT2D eigenvalue weighted by atomic mass is 79.9. The van der Waals surface area contributed by atoms with Gasteiger partial charge in [-0.1, -0.05) is 15.9 Å². The molecular formula is C10H8BrNO3. The number of β-lactam (4-membered cyclic amide) rings is 1. The van der Waals surface area contributed by atoms with Crippen LogP contribution in [0.15, 0.2) is 22.7 Å². The minimum Gasteiger partial charge on any atom is -0.469 e. The molecular weight excluding hydrogens is 262 g/mol. The molecule has 1 fully saturated rings. The first-order valence-electron chi connectivity index (χ1n) is 4.62. The highest BCUT2D eigenvalue weighted by Crippen LogP contribution is 2.41. The predicted octanol–water partition coefficient (Wildman–Crippen LogP) is 1.39. The fraction of sp³-hybridized carbons (Fsp3) is 0.300. The number of ether oxygens (including phenoxy) is 1. The zero-order valence-electron chi connectivity index (χ0n) is 7.68. The maximum Gasteiger partial charge on any atom is 0.233 e. The van der Waals surface area contributed by atoms with Crippen LogP contribution in [0.1, 0.15) is 18.2 Å². The second-order valence-electron chi connectivity index (χ2n) is 3.63. The van der Waals surface area contributed by atoms with Crippen LogP contribution in [0.25, 0.3) is 0 Å². The second kappa shape index (κ2) is 2.96. The standard InChI is InChI=1S/C10H8BrNO3/c11-5-1-2-7-6(3-5)10(14)12-8(13)4-9(12)15-7/h1-3,9-10,14H,4H2/t9-,10+/m1/s1. The van der Waals surface area contributed by atoms with Gasteiger partial charge in [-0.05, 0) is 18.2 Å². The van der Waals surface area contributed by atoms with Crippen molar-refractivity contribution in [3.05, 3.63) is 28.2 Å². The summed E-state index contributed by atoms with van der Waals surface area (Å²) in [7, 11) is 0. The lowest BCUT2D eigenvalue weighted by molar-refractivity contribution is -0.192. The molecule has 4 nitrogen and oxygen atoms in total. The van der Waals surface area contributed by atoms with Crippen LogP contribution >= 0.6 is 15.9 Å². The van der Waals surface area contributed by atoms with E-state index in [9.17, 15) is 9.90 Å². The number of benzene rings is 1. The average molecular weight is 270 g/mol. The number of fused-ring (bicyclic) bond motifs is 2. The molecule has 2 atom stereocenters. The Hall–Kier alpha value is -1.07. The van der Waals surface area contributed by atoms with E-state index < -0.39 is 6.23 Å². The van der Waals surface area contributed by atoms with Crippen LogP contribution < -0.4 is 4.74 Å². The van der Waals surface area contributed by atoms with Crippen molar-refractivity contribution in [3.63, 3.8) is 0 Å². The van der Waals surface area contributed by atoms with Gasteiger partial charge in [0.05, 0.1) is 6.42 Å². The van der Waals surface area contributed by atoms with Gasteiger partial charge in [-0.2, -0.15) is 0 Å². The Morgan fingerprint density at radius 1 is 1.53 bits per heavy atom. The molecule has 3 rings (SSSR count). The summed E-state index contributed by atoms with van der Waals surface area (Å²) >= 11 is 3.32. The van der Waals surface area contributed by atoms with Gasteiger partial charge in [0.15, 0.2) is 12.5 Å². The molecule has 0 bridgehead atoms. The third-order valence-corrected chi connectivity index (χ3v) is 3.22. The van der Waals surface area contributed by atoms with Crippen LogP contribution in [0, 0.1) is 0 Å². The van der Waals surface area contributed by atoms with Crippen molar-refractivity contribution < 1.29 is 14.6 Å². The van der Waals surface area contributed by atoms with E-state index in [0.29, 0.717) is 17.7 Å². The quantitative estimate of drug-likeness (QED) is 0.725. The molecule has 2 heterocycles. The summed E-state index contributed by atoms with van der Waals surface area (Å²) in [5.74, 6) is 0.581. The number of hydrogen-bond donors (Lipinski definition) is 1. The summed E-state index contributed by atoms with van der Waals surface area (Å²) < 4.78 is 6.41. The summed E-state index contributed by atoms with van der Waals surface area (Å²) in [4.78, 5) is 12.6. The zero-order valence-corrected chi connectivity index (χ0v) is 9.27. The van der Waals surface area contributed by atoms with E-state index in [0.717, 1.165) is 4.47 Å². The average Bonchev–Trinajstić information content (AvgIpc) is 2.18. The predicted molar refractivity (Wildman–Crippen MR) is 55.0 cm³/mol. The molecule has 0 spiro atoms. The number of halogens is 1. The van der Waals surface area contributed by atoms with Crippen molar-refractivity contribution in [1.29, 1.82) is 0 Å². The van der Waals surface area contributed by atoms with Crippen LogP contribution in [0.5, 0.6) is 5.75 Å². The van der Waals surface area contributed by atoms with Crippen molar-refractivity contribution in [2.24, 2.45) is 0 Å². The van der Waals surface area contributed by atoms with Gasteiger partial charge < -0.3 is 9.84 Å². The van der Waals surface area contributed by atoms with Gasteiger partial charge >= 0.3 is 0 Å². The second-order valence-corrected chi connectivity index (χ2v) is 4.55. The SMILES string of the molecule is O=C1C[C@H]2Oc3ccc(Br)cc3[C@H](O)N12. The van der Waals surface area contributed by atoms with Gasteiger partial charge in [-0.25, -0.2) is 0 Å². The van der Waals surface area contributed by atoms with Gasteiger partial charge in [-0.3, -0.25) is 9.69 Å². The van der Waals surface area contributed by atoms with Gasteiger partial charge in [0.1, 0.15) is 5.75 Å². The van der Waals surface area contributed by atoms with E-state index >= 15 is 0 Å². The summed E-state index contributed by atoms with van der Waals surface area (Å²) in [5, 5.41) is 9.95. The van der Waals surface area contributed by atoms with Crippen LogP contribution in [-0.4, -0.2) is 22.1 Å². The molecule has 78 valence electrons. The molecule has 0 radical (unpaired) electrons. The van der Waals surface area contributed by atoms with E-state index in [1.54, 1.807) is 12.1 Å². The Bertz CT molecular complexity index is 448. The monoisotopic (exact) mass is 269 g/mol. The van der Waals surface area contributed by atoms with E-state index in [2.05, 4.69) is 15.9 Å². The lowest BCUT2D eigenvalue weighted by Crippen LogP contribution is -2.59. The van der Waals surface area contributed by atoms with Crippen LogP contribution in [0.2, 0.25) is 0 Å². The highest BCUT2D eigenvalue weighted by Gasteiger charge is 2.46. The smallest absolute Gasteiger partial charge is 0.233 e. The van der Waals surface area contributed by atoms with E-state index in [1.165, 1.54) is 4.90 Å². The largest absolute Gasteiger partial charge is 0.469 e. The topological polar surface area (TPSA) is 49.8 Å². The van der Waals surface area contributed by atoms with Gasteiger partial charge in [0.2, 0.25) is 5.91 Å². The Morgan fingerprint density at radius 3 is 3.07 bits per heavy atom. The minimum absolute atomic E-state index is 0.0712. The lowest BCUT2D eigenvalue weighted by Gasteiger charge is -2.46. The Morgan fingerprint density at radius 2 is 2.33 bits per heavy atom. The lowest BCUT2D eigenvalue weighted by atomic mass is 10.0. The van der Waals surface area contributed by atoms with Crippen molar-refractivity contribution in [2.45, 2.75) is 18.9 Å². The Kier molecular flexibility index (Phi) is 1.81. The van der Waals surface area contributed by atoms with Crippen molar-refractivity contribution >= 4 is 21.8 Å². The number of nitrogens with zero attached hydrogens (tertiary/aromatic N) is 1. The number of hydrogen-bond acceptors (Lipinski definition) is 3. The molecule has 15 heavy (non-hydrogen) atoms. The highest BCUT2D eigenvalue weighted by molar-refractivity contribution is 9.10. The van der Waals surface area contributed by atoms with Crippen LogP contribution in [-0.2, 0) is 4.79 Å². The maximum absolute atomic E-state index is 11.2. The minimum atomic E-state index is -0.877. The fourth-order valence-corrected chi connectivity index (χ4v) is 2.30. The molecule has 0 aromatic heterocycles. The van der Waals surface area contributed by atoms with Gasteiger partial charge in [0.25, 0.3) is 0 Å². The van der Waals surface area contributed by atoms with Crippen molar-refractivity contribution in [1.82, 2.24) is 4.90 Å². The van der Waals surface area contributed by atoms with Gasteiger partial charge in [-0.15, -0.1) is 0 Å². The first-order valence-corrected chi connectivity index (χ1v) is 5.41. The number of carbonyl (C=O) groups is 1. The molecule has 1 N–H and O–H groups in total. The van der Waals surface area contributed by atoms with Crippen molar-refractivity contribution in [3.8, 4) is 5.75 Å². The molecule has 1 amide bonds. The molecule has 5 heteroatoms. The number of aliphatic hydroxyl groups excluding tert-OH is 1. The normalized spacial score (nSPS) is 27.6. The zero-order chi connectivity index (χ0) is 10.6. The molecule has 2 aliphatic rings. The third kappa shape index (κ3) is 1.20. The molecule has 0 aliphatic carbocycles. The molecule has 1 aromatic rings. The van der Waals surface area contributed by atoms with Crippen molar-refractivity contribution in [2.75, 3.05) is 0 Å². The van der Waals surface area contributed by atoms with E-state index in [-0.39, 0.29) is 12.1 Å². The Balaban J connectivity index is 2.07. The first-order chi connectivity index (χ1) is 7.16.